The van der Waals surface area contributed by atoms with Gasteiger partial charge in [0.15, 0.2) is 5.78 Å². The summed E-state index contributed by atoms with van der Waals surface area (Å²) in [6.45, 7) is 0.344. The third-order valence-corrected chi connectivity index (χ3v) is 4.06. The molecule has 0 unspecified atom stereocenters. The van der Waals surface area contributed by atoms with Gasteiger partial charge in [0.2, 0.25) is 0 Å². The molecule has 4 heteroatoms. The molecule has 3 nitrogen and oxygen atoms in total. The van der Waals surface area contributed by atoms with Crippen molar-refractivity contribution in [2.45, 2.75) is 38.5 Å². The molecule has 0 atom stereocenters. The van der Waals surface area contributed by atoms with Crippen molar-refractivity contribution in [1.29, 1.82) is 0 Å². The van der Waals surface area contributed by atoms with Crippen LogP contribution in [0.15, 0.2) is 6.07 Å². The maximum atomic E-state index is 12.1. The van der Waals surface area contributed by atoms with Gasteiger partial charge in [-0.2, -0.15) is 0 Å². The minimum atomic E-state index is 0.00768. The van der Waals surface area contributed by atoms with Crippen LogP contribution in [0.25, 0.3) is 0 Å². The van der Waals surface area contributed by atoms with E-state index < -0.39 is 0 Å². The average Bonchev–Trinajstić information content (AvgIpc) is 2.64. The van der Waals surface area contributed by atoms with Gasteiger partial charge in [-0.25, -0.2) is 0 Å². The number of hydrogen-bond donors (Lipinski definition) is 1. The standard InChI is InChI=1S/C15H20ClNO2/c1-19-15-12(13(18)7-8-17)9-10-5-3-2-4-6-11(10)14(15)16/h9H,2-8,17H2,1H3. The molecule has 0 aromatic heterocycles. The van der Waals surface area contributed by atoms with Crippen molar-refractivity contribution in [3.05, 3.63) is 27.8 Å². The van der Waals surface area contributed by atoms with E-state index in [2.05, 4.69) is 0 Å². The number of methoxy groups -OCH3 is 1. The lowest BCUT2D eigenvalue weighted by Crippen LogP contribution is -2.11. The molecule has 0 heterocycles. The number of carbonyl (C=O) groups excluding carboxylic acids is 1. The SMILES string of the molecule is COc1c(C(=O)CCN)cc2c(c1Cl)CCCCC2. The smallest absolute Gasteiger partial charge is 0.167 e. The van der Waals surface area contributed by atoms with Crippen LogP contribution in [0, 0.1) is 0 Å². The highest BCUT2D eigenvalue weighted by molar-refractivity contribution is 6.33. The molecule has 0 aliphatic heterocycles. The number of ketones is 1. The highest BCUT2D eigenvalue weighted by Gasteiger charge is 2.22. The van der Waals surface area contributed by atoms with Crippen LogP contribution in [-0.2, 0) is 12.8 Å². The first-order valence-corrected chi connectivity index (χ1v) is 7.18. The normalized spacial score (nSPS) is 14.7. The van der Waals surface area contributed by atoms with Gasteiger partial charge in [0.1, 0.15) is 5.75 Å². The van der Waals surface area contributed by atoms with Crippen LogP contribution in [0.1, 0.15) is 47.2 Å². The highest BCUT2D eigenvalue weighted by atomic mass is 35.5. The first kappa shape index (κ1) is 14.4. The van der Waals surface area contributed by atoms with Crippen molar-refractivity contribution in [2.75, 3.05) is 13.7 Å². The lowest BCUT2D eigenvalue weighted by molar-refractivity contribution is 0.0982. The van der Waals surface area contributed by atoms with Gasteiger partial charge in [-0.1, -0.05) is 18.0 Å². The van der Waals surface area contributed by atoms with Crippen LogP contribution in [-0.4, -0.2) is 19.4 Å². The van der Waals surface area contributed by atoms with Gasteiger partial charge < -0.3 is 10.5 Å². The van der Waals surface area contributed by atoms with Crippen LogP contribution >= 0.6 is 11.6 Å². The summed E-state index contributed by atoms with van der Waals surface area (Å²) >= 11 is 6.44. The lowest BCUT2D eigenvalue weighted by Gasteiger charge is -2.16. The Kier molecular flexibility index (Phi) is 4.83. The second kappa shape index (κ2) is 6.40. The molecule has 1 aliphatic rings. The Morgan fingerprint density at radius 3 is 2.79 bits per heavy atom. The van der Waals surface area contributed by atoms with Crippen molar-refractivity contribution >= 4 is 17.4 Å². The summed E-state index contributed by atoms with van der Waals surface area (Å²) in [6.07, 6.45) is 5.79. The fraction of sp³-hybridized carbons (Fsp3) is 0.533. The Balaban J connectivity index is 2.51. The molecule has 2 rings (SSSR count). The second-order valence-electron chi connectivity index (χ2n) is 4.93. The molecular formula is C15H20ClNO2. The molecular weight excluding hydrogens is 262 g/mol. The number of halogens is 1. The van der Waals surface area contributed by atoms with Gasteiger partial charge in [-0.3, -0.25) is 4.79 Å². The fourth-order valence-electron chi connectivity index (χ4n) is 2.68. The number of hydrogen-bond acceptors (Lipinski definition) is 3. The molecule has 0 bridgehead atoms. The minimum Gasteiger partial charge on any atom is -0.494 e. The number of ether oxygens (including phenoxy) is 1. The van der Waals surface area contributed by atoms with E-state index >= 15 is 0 Å². The maximum absolute atomic E-state index is 12.1. The fourth-order valence-corrected chi connectivity index (χ4v) is 3.08. The second-order valence-corrected chi connectivity index (χ2v) is 5.31. The summed E-state index contributed by atoms with van der Waals surface area (Å²) in [5.74, 6) is 0.522. The highest BCUT2D eigenvalue weighted by Crippen LogP contribution is 2.38. The first-order chi connectivity index (χ1) is 9.19. The number of rotatable bonds is 4. The summed E-state index contributed by atoms with van der Waals surface area (Å²) in [4.78, 5) is 12.1. The summed E-state index contributed by atoms with van der Waals surface area (Å²) in [6, 6.07) is 1.96. The van der Waals surface area contributed by atoms with Crippen molar-refractivity contribution in [1.82, 2.24) is 0 Å². The number of fused-ring (bicyclic) bond motifs is 1. The summed E-state index contributed by atoms with van der Waals surface area (Å²) in [7, 11) is 1.56. The van der Waals surface area contributed by atoms with E-state index in [1.54, 1.807) is 7.11 Å². The predicted molar refractivity (Wildman–Crippen MR) is 77.3 cm³/mol. The van der Waals surface area contributed by atoms with Crippen LogP contribution in [0.3, 0.4) is 0 Å². The summed E-state index contributed by atoms with van der Waals surface area (Å²) < 4.78 is 5.36. The predicted octanol–water partition coefficient (Wildman–Crippen LogP) is 3.15. The first-order valence-electron chi connectivity index (χ1n) is 6.80. The summed E-state index contributed by atoms with van der Waals surface area (Å²) in [5.41, 5.74) is 8.40. The molecule has 2 N–H and O–H groups in total. The monoisotopic (exact) mass is 281 g/mol. The van der Waals surface area contributed by atoms with Crippen LogP contribution in [0.2, 0.25) is 5.02 Å². The average molecular weight is 282 g/mol. The van der Waals surface area contributed by atoms with Gasteiger partial charge in [-0.05, 0) is 49.4 Å². The van der Waals surface area contributed by atoms with Gasteiger partial charge in [-0.15, -0.1) is 0 Å². The largest absolute Gasteiger partial charge is 0.494 e. The molecule has 1 aliphatic carbocycles. The van der Waals surface area contributed by atoms with E-state index in [0.717, 1.165) is 31.2 Å². The zero-order valence-corrected chi connectivity index (χ0v) is 12.1. The molecule has 0 saturated heterocycles. The Bertz CT molecular complexity index is 486. The van der Waals surface area contributed by atoms with E-state index in [0.29, 0.717) is 29.3 Å². The van der Waals surface area contributed by atoms with Gasteiger partial charge in [0.05, 0.1) is 17.7 Å². The summed E-state index contributed by atoms with van der Waals surface area (Å²) in [5, 5.41) is 0.613. The number of carbonyl (C=O) groups is 1. The number of Topliss-reactive ketones (excluding diaryl/α,β-unsaturated/α-hetero) is 1. The van der Waals surface area contributed by atoms with Crippen molar-refractivity contribution in [3.63, 3.8) is 0 Å². The van der Waals surface area contributed by atoms with Crippen LogP contribution in [0.5, 0.6) is 5.75 Å². The van der Waals surface area contributed by atoms with Crippen LogP contribution in [0.4, 0.5) is 0 Å². The van der Waals surface area contributed by atoms with Gasteiger partial charge in [0, 0.05) is 6.42 Å². The maximum Gasteiger partial charge on any atom is 0.167 e. The molecule has 0 amide bonds. The third kappa shape index (κ3) is 2.93. The quantitative estimate of drug-likeness (QED) is 0.681. The van der Waals surface area contributed by atoms with E-state index in [1.165, 1.54) is 12.0 Å². The van der Waals surface area contributed by atoms with E-state index in [9.17, 15) is 4.79 Å². The van der Waals surface area contributed by atoms with Crippen molar-refractivity contribution in [3.8, 4) is 5.75 Å². The number of benzene rings is 1. The number of nitrogens with two attached hydrogens (primary N) is 1. The zero-order chi connectivity index (χ0) is 13.8. The zero-order valence-electron chi connectivity index (χ0n) is 11.3. The van der Waals surface area contributed by atoms with E-state index in [-0.39, 0.29) is 5.78 Å². The van der Waals surface area contributed by atoms with Gasteiger partial charge >= 0.3 is 0 Å². The molecule has 0 saturated carbocycles. The minimum absolute atomic E-state index is 0.00768. The molecule has 0 radical (unpaired) electrons. The Hall–Kier alpha value is -1.06. The van der Waals surface area contributed by atoms with Crippen LogP contribution < -0.4 is 10.5 Å². The Morgan fingerprint density at radius 2 is 2.11 bits per heavy atom. The molecule has 0 fully saturated rings. The molecule has 19 heavy (non-hydrogen) atoms. The molecule has 104 valence electrons. The lowest BCUT2D eigenvalue weighted by atomic mass is 9.96. The third-order valence-electron chi connectivity index (χ3n) is 3.66. The van der Waals surface area contributed by atoms with Crippen molar-refractivity contribution < 1.29 is 9.53 Å². The van der Waals surface area contributed by atoms with E-state index in [4.69, 9.17) is 22.1 Å². The molecule has 1 aromatic rings. The van der Waals surface area contributed by atoms with Gasteiger partial charge in [0.25, 0.3) is 0 Å². The molecule has 0 spiro atoms. The van der Waals surface area contributed by atoms with E-state index in [1.807, 2.05) is 6.07 Å². The topological polar surface area (TPSA) is 52.3 Å². The molecule has 1 aromatic carbocycles. The van der Waals surface area contributed by atoms with Crippen molar-refractivity contribution in [2.24, 2.45) is 5.73 Å². The Labute approximate surface area is 119 Å². The Morgan fingerprint density at radius 1 is 1.37 bits per heavy atom. The number of aryl methyl sites for hydroxylation is 1.